The molecule has 2 heterocycles. The SMILES string of the molecule is Cc1cc2ccccc2n1-c1cccc(-n2c(C)cc3ccccc32)c1C#N. The second-order valence-corrected chi connectivity index (χ2v) is 7.14. The van der Waals surface area contributed by atoms with Gasteiger partial charge in [-0.05, 0) is 50.2 Å². The van der Waals surface area contributed by atoms with Gasteiger partial charge in [-0.15, -0.1) is 0 Å². The molecule has 0 unspecified atom stereocenters. The second kappa shape index (κ2) is 6.14. The number of benzene rings is 3. The maximum Gasteiger partial charge on any atom is 0.104 e. The molecule has 0 bridgehead atoms. The number of para-hydroxylation sites is 2. The largest absolute Gasteiger partial charge is 0.312 e. The molecule has 0 radical (unpaired) electrons. The molecule has 3 heteroatoms. The lowest BCUT2D eigenvalue weighted by atomic mass is 10.1. The average molecular weight is 361 g/mol. The summed E-state index contributed by atoms with van der Waals surface area (Å²) in [5, 5.41) is 12.5. The summed E-state index contributed by atoms with van der Waals surface area (Å²) < 4.78 is 4.36. The van der Waals surface area contributed by atoms with Gasteiger partial charge in [-0.2, -0.15) is 5.26 Å². The van der Waals surface area contributed by atoms with Crippen LogP contribution in [0.4, 0.5) is 0 Å². The van der Waals surface area contributed by atoms with Crippen molar-refractivity contribution in [2.45, 2.75) is 13.8 Å². The molecular weight excluding hydrogens is 342 g/mol. The number of hydrogen-bond donors (Lipinski definition) is 0. The number of hydrogen-bond acceptors (Lipinski definition) is 1. The molecule has 0 spiro atoms. The molecular formula is C25H19N3. The molecule has 5 aromatic rings. The van der Waals surface area contributed by atoms with Crippen LogP contribution in [-0.4, -0.2) is 9.13 Å². The Morgan fingerprint density at radius 2 is 1.11 bits per heavy atom. The maximum atomic E-state index is 10.1. The first kappa shape index (κ1) is 16.4. The van der Waals surface area contributed by atoms with Gasteiger partial charge in [0.05, 0.1) is 22.4 Å². The summed E-state index contributed by atoms with van der Waals surface area (Å²) >= 11 is 0. The Balaban J connectivity index is 1.85. The Morgan fingerprint density at radius 3 is 1.57 bits per heavy atom. The molecule has 3 nitrogen and oxygen atoms in total. The number of nitrogens with zero attached hydrogens (tertiary/aromatic N) is 3. The molecule has 28 heavy (non-hydrogen) atoms. The summed E-state index contributed by atoms with van der Waals surface area (Å²) in [5.41, 5.74) is 6.96. The minimum absolute atomic E-state index is 0.677. The van der Waals surface area contributed by atoms with E-state index in [-0.39, 0.29) is 0 Å². The smallest absolute Gasteiger partial charge is 0.104 e. The van der Waals surface area contributed by atoms with Crippen LogP contribution in [-0.2, 0) is 0 Å². The Bertz CT molecular complexity index is 1290. The fourth-order valence-electron chi connectivity index (χ4n) is 4.24. The van der Waals surface area contributed by atoms with E-state index in [9.17, 15) is 5.26 Å². The summed E-state index contributed by atoms with van der Waals surface area (Å²) in [6.45, 7) is 4.17. The van der Waals surface area contributed by atoms with E-state index in [0.717, 1.165) is 33.8 Å². The third-order valence-electron chi connectivity index (χ3n) is 5.40. The topological polar surface area (TPSA) is 33.6 Å². The molecule has 0 aliphatic carbocycles. The summed E-state index contributed by atoms with van der Waals surface area (Å²) in [6.07, 6.45) is 0. The zero-order chi connectivity index (χ0) is 19.3. The van der Waals surface area contributed by atoms with Crippen LogP contribution < -0.4 is 0 Å². The van der Waals surface area contributed by atoms with Crippen LogP contribution >= 0.6 is 0 Å². The van der Waals surface area contributed by atoms with Gasteiger partial charge < -0.3 is 9.13 Å². The molecule has 0 aliphatic heterocycles. The highest BCUT2D eigenvalue weighted by Gasteiger charge is 2.17. The van der Waals surface area contributed by atoms with E-state index in [4.69, 9.17) is 0 Å². The zero-order valence-electron chi connectivity index (χ0n) is 15.8. The summed E-state index contributed by atoms with van der Waals surface area (Å²) in [6, 6.07) is 29.5. The van der Waals surface area contributed by atoms with Crippen LogP contribution in [0.1, 0.15) is 17.0 Å². The van der Waals surface area contributed by atoms with Crippen LogP contribution in [0.2, 0.25) is 0 Å². The van der Waals surface area contributed by atoms with E-state index in [1.165, 1.54) is 10.8 Å². The molecule has 0 fully saturated rings. The number of nitriles is 1. The molecule has 0 aliphatic rings. The van der Waals surface area contributed by atoms with Gasteiger partial charge >= 0.3 is 0 Å². The Kier molecular flexibility index (Phi) is 3.60. The van der Waals surface area contributed by atoms with Crippen LogP contribution in [0.25, 0.3) is 33.2 Å². The number of fused-ring (bicyclic) bond motifs is 2. The van der Waals surface area contributed by atoms with Crippen molar-refractivity contribution in [1.82, 2.24) is 9.13 Å². The molecule has 0 N–H and O–H groups in total. The van der Waals surface area contributed by atoms with Crippen molar-refractivity contribution >= 4 is 21.8 Å². The predicted molar refractivity (Wildman–Crippen MR) is 114 cm³/mol. The van der Waals surface area contributed by atoms with Crippen LogP contribution in [0, 0.1) is 25.2 Å². The highest BCUT2D eigenvalue weighted by atomic mass is 15.0. The lowest BCUT2D eigenvalue weighted by Crippen LogP contribution is -2.05. The quantitative estimate of drug-likeness (QED) is 0.376. The highest BCUT2D eigenvalue weighted by molar-refractivity contribution is 5.86. The van der Waals surface area contributed by atoms with E-state index < -0.39 is 0 Å². The van der Waals surface area contributed by atoms with Gasteiger partial charge in [0.25, 0.3) is 0 Å². The highest BCUT2D eigenvalue weighted by Crippen LogP contribution is 2.31. The van der Waals surface area contributed by atoms with Gasteiger partial charge in [-0.3, -0.25) is 0 Å². The van der Waals surface area contributed by atoms with E-state index >= 15 is 0 Å². The normalized spacial score (nSPS) is 11.2. The van der Waals surface area contributed by atoms with Crippen molar-refractivity contribution in [3.05, 3.63) is 95.8 Å². The van der Waals surface area contributed by atoms with Gasteiger partial charge in [0.1, 0.15) is 11.6 Å². The number of aromatic nitrogens is 2. The summed E-state index contributed by atoms with van der Waals surface area (Å²) in [5.74, 6) is 0. The van der Waals surface area contributed by atoms with Crippen LogP contribution in [0.15, 0.2) is 78.9 Å². The van der Waals surface area contributed by atoms with Crippen molar-refractivity contribution in [3.8, 4) is 17.4 Å². The summed E-state index contributed by atoms with van der Waals surface area (Å²) in [4.78, 5) is 0. The molecule has 0 amide bonds. The minimum atomic E-state index is 0.677. The third kappa shape index (κ3) is 2.28. The van der Waals surface area contributed by atoms with Crippen molar-refractivity contribution in [3.63, 3.8) is 0 Å². The average Bonchev–Trinajstić information content (AvgIpc) is 3.22. The van der Waals surface area contributed by atoms with E-state index in [0.29, 0.717) is 5.56 Å². The van der Waals surface area contributed by atoms with Gasteiger partial charge in [-0.25, -0.2) is 0 Å². The Hall–Kier alpha value is -3.77. The molecule has 0 atom stereocenters. The number of rotatable bonds is 2. The fourth-order valence-corrected chi connectivity index (χ4v) is 4.24. The molecule has 0 saturated heterocycles. The van der Waals surface area contributed by atoms with Gasteiger partial charge in [0.2, 0.25) is 0 Å². The Morgan fingerprint density at radius 1 is 0.643 bits per heavy atom. The molecule has 2 aromatic heterocycles. The summed E-state index contributed by atoms with van der Waals surface area (Å²) in [7, 11) is 0. The molecule has 0 saturated carbocycles. The van der Waals surface area contributed by atoms with Crippen molar-refractivity contribution < 1.29 is 0 Å². The lowest BCUT2D eigenvalue weighted by molar-refractivity contribution is 1.01. The predicted octanol–water partition coefficient (Wildman–Crippen LogP) is 6.06. The van der Waals surface area contributed by atoms with Crippen molar-refractivity contribution in [2.75, 3.05) is 0 Å². The van der Waals surface area contributed by atoms with Gasteiger partial charge in [-0.1, -0.05) is 42.5 Å². The van der Waals surface area contributed by atoms with E-state index in [1.807, 2.05) is 42.5 Å². The van der Waals surface area contributed by atoms with Crippen LogP contribution in [0.5, 0.6) is 0 Å². The van der Waals surface area contributed by atoms with Gasteiger partial charge in [0.15, 0.2) is 0 Å². The minimum Gasteiger partial charge on any atom is -0.312 e. The van der Waals surface area contributed by atoms with Crippen molar-refractivity contribution in [2.24, 2.45) is 0 Å². The standard InChI is InChI=1S/C25H19N3/c1-17-14-19-8-3-5-10-22(19)27(17)24-12-7-13-25(21(24)16-26)28-18(2)15-20-9-4-6-11-23(20)28/h3-15H,1-2H3. The maximum absolute atomic E-state index is 10.1. The molecule has 134 valence electrons. The molecule has 5 rings (SSSR count). The van der Waals surface area contributed by atoms with E-state index in [2.05, 4.69) is 65.4 Å². The first-order valence-corrected chi connectivity index (χ1v) is 9.37. The second-order valence-electron chi connectivity index (χ2n) is 7.14. The monoisotopic (exact) mass is 361 g/mol. The first-order valence-electron chi connectivity index (χ1n) is 9.37. The lowest BCUT2D eigenvalue weighted by Gasteiger charge is -2.16. The van der Waals surface area contributed by atoms with Crippen molar-refractivity contribution in [1.29, 1.82) is 5.26 Å². The number of aryl methyl sites for hydroxylation is 2. The van der Waals surface area contributed by atoms with Gasteiger partial charge in [0, 0.05) is 22.2 Å². The third-order valence-corrected chi connectivity index (χ3v) is 5.40. The Labute approximate surface area is 163 Å². The zero-order valence-corrected chi connectivity index (χ0v) is 15.8. The van der Waals surface area contributed by atoms with Crippen LogP contribution in [0.3, 0.4) is 0 Å². The first-order chi connectivity index (χ1) is 13.7. The fraction of sp³-hybridized carbons (Fsp3) is 0.0800. The molecule has 3 aromatic carbocycles. The van der Waals surface area contributed by atoms with E-state index in [1.54, 1.807) is 0 Å².